The fraction of sp³-hybridized carbons (Fsp3) is 0.818. The maximum Gasteiger partial charge on any atom is 0.325 e. The third-order valence-corrected chi connectivity index (χ3v) is 3.28. The van der Waals surface area contributed by atoms with Gasteiger partial charge >= 0.3 is 5.97 Å². The zero-order valence-corrected chi connectivity index (χ0v) is 9.61. The quantitative estimate of drug-likeness (QED) is 0.647. The van der Waals surface area contributed by atoms with Gasteiger partial charge in [-0.3, -0.25) is 9.59 Å². The lowest BCUT2D eigenvalue weighted by molar-refractivity contribution is -0.142. The predicted molar refractivity (Wildman–Crippen MR) is 59.7 cm³/mol. The predicted octanol–water partition coefficient (Wildman–Crippen LogP) is 0.341. The molecule has 1 fully saturated rings. The van der Waals surface area contributed by atoms with Crippen LogP contribution >= 0.6 is 0 Å². The van der Waals surface area contributed by atoms with Gasteiger partial charge in [-0.15, -0.1) is 0 Å². The highest BCUT2D eigenvalue weighted by Crippen LogP contribution is 2.28. The number of amides is 1. The van der Waals surface area contributed by atoms with Gasteiger partial charge in [-0.25, -0.2) is 0 Å². The molecule has 0 spiro atoms. The second kappa shape index (κ2) is 5.84. The van der Waals surface area contributed by atoms with E-state index in [1.165, 1.54) is 6.92 Å². The molecule has 0 aromatic rings. The summed E-state index contributed by atoms with van der Waals surface area (Å²) in [6, 6.07) is -0.806. The van der Waals surface area contributed by atoms with Gasteiger partial charge in [0.1, 0.15) is 6.04 Å². The van der Waals surface area contributed by atoms with Crippen molar-refractivity contribution in [2.45, 2.75) is 38.6 Å². The summed E-state index contributed by atoms with van der Waals surface area (Å²) in [7, 11) is 0. The average molecular weight is 228 g/mol. The number of carbonyl (C=O) groups excluding carboxylic acids is 1. The van der Waals surface area contributed by atoms with Crippen molar-refractivity contribution in [3.8, 4) is 0 Å². The molecule has 4 N–H and O–H groups in total. The van der Waals surface area contributed by atoms with Crippen molar-refractivity contribution in [1.29, 1.82) is 0 Å². The minimum atomic E-state index is -0.996. The van der Waals surface area contributed by atoms with E-state index in [0.29, 0.717) is 12.5 Å². The number of carbonyl (C=O) groups is 2. The fourth-order valence-corrected chi connectivity index (χ4v) is 2.05. The van der Waals surface area contributed by atoms with Gasteiger partial charge < -0.3 is 16.2 Å². The van der Waals surface area contributed by atoms with Crippen molar-refractivity contribution in [2.24, 2.45) is 17.6 Å². The van der Waals surface area contributed by atoms with Crippen LogP contribution in [0.25, 0.3) is 0 Å². The topological polar surface area (TPSA) is 92.4 Å². The third kappa shape index (κ3) is 3.48. The lowest BCUT2D eigenvalue weighted by atomic mass is 9.81. The lowest BCUT2D eigenvalue weighted by Gasteiger charge is -2.27. The van der Waals surface area contributed by atoms with E-state index >= 15 is 0 Å². The zero-order chi connectivity index (χ0) is 12.1. The van der Waals surface area contributed by atoms with Gasteiger partial charge in [-0.05, 0) is 45.1 Å². The molecular weight excluding hydrogens is 208 g/mol. The number of carboxylic acid groups (broad SMARTS) is 1. The Morgan fingerprint density at radius 3 is 2.38 bits per heavy atom. The maximum atomic E-state index is 11.7. The molecule has 1 amide bonds. The van der Waals surface area contributed by atoms with E-state index in [9.17, 15) is 9.59 Å². The molecule has 0 bridgehead atoms. The summed E-state index contributed by atoms with van der Waals surface area (Å²) >= 11 is 0. The monoisotopic (exact) mass is 228 g/mol. The van der Waals surface area contributed by atoms with Crippen LogP contribution in [0.4, 0.5) is 0 Å². The Balaban J connectivity index is 2.36. The smallest absolute Gasteiger partial charge is 0.325 e. The number of nitrogens with one attached hydrogen (secondary N) is 1. The number of carboxylic acids is 1. The maximum absolute atomic E-state index is 11.7. The third-order valence-electron chi connectivity index (χ3n) is 3.28. The first-order valence-corrected chi connectivity index (χ1v) is 5.77. The van der Waals surface area contributed by atoms with Crippen molar-refractivity contribution >= 4 is 11.9 Å². The first kappa shape index (κ1) is 13.0. The summed E-state index contributed by atoms with van der Waals surface area (Å²) in [5.41, 5.74) is 5.57. The Bertz CT molecular complexity index is 260. The molecule has 0 aliphatic heterocycles. The lowest BCUT2D eigenvalue weighted by Crippen LogP contribution is -2.42. The Morgan fingerprint density at radius 2 is 1.94 bits per heavy atom. The second-order valence-electron chi connectivity index (χ2n) is 4.52. The molecule has 1 saturated carbocycles. The minimum absolute atomic E-state index is 0.0374. The minimum Gasteiger partial charge on any atom is -0.480 e. The van der Waals surface area contributed by atoms with Gasteiger partial charge in [0.2, 0.25) is 5.91 Å². The van der Waals surface area contributed by atoms with Crippen LogP contribution in [0.3, 0.4) is 0 Å². The molecule has 0 saturated heterocycles. The van der Waals surface area contributed by atoms with Crippen LogP contribution in [0.5, 0.6) is 0 Å². The number of hydrogen-bond donors (Lipinski definition) is 3. The molecule has 16 heavy (non-hydrogen) atoms. The molecule has 0 unspecified atom stereocenters. The molecule has 1 aliphatic carbocycles. The van der Waals surface area contributed by atoms with Crippen molar-refractivity contribution < 1.29 is 14.7 Å². The zero-order valence-electron chi connectivity index (χ0n) is 9.61. The SMILES string of the molecule is C[C@@H](NC(=O)C1CCC(CN)CC1)C(=O)O. The molecule has 5 heteroatoms. The molecule has 0 aromatic carbocycles. The summed E-state index contributed by atoms with van der Waals surface area (Å²) in [6.07, 6.45) is 3.58. The molecule has 92 valence electrons. The van der Waals surface area contributed by atoms with Gasteiger partial charge in [0, 0.05) is 5.92 Å². The molecule has 0 aromatic heterocycles. The van der Waals surface area contributed by atoms with Crippen molar-refractivity contribution in [3.05, 3.63) is 0 Å². The van der Waals surface area contributed by atoms with Crippen LogP contribution in [-0.4, -0.2) is 29.6 Å². The molecular formula is C11H20N2O3. The number of aliphatic carboxylic acids is 1. The van der Waals surface area contributed by atoms with Gasteiger partial charge in [-0.1, -0.05) is 0 Å². The van der Waals surface area contributed by atoms with Crippen LogP contribution in [0, 0.1) is 11.8 Å². The van der Waals surface area contributed by atoms with Crippen molar-refractivity contribution in [1.82, 2.24) is 5.32 Å². The van der Waals surface area contributed by atoms with Gasteiger partial charge in [0.05, 0.1) is 0 Å². The van der Waals surface area contributed by atoms with E-state index in [4.69, 9.17) is 10.8 Å². The summed E-state index contributed by atoms with van der Waals surface area (Å²) in [6.45, 7) is 2.16. The molecule has 0 heterocycles. The Hall–Kier alpha value is -1.10. The molecule has 0 radical (unpaired) electrons. The normalized spacial score (nSPS) is 27.1. The summed E-state index contributed by atoms with van der Waals surface area (Å²) in [4.78, 5) is 22.3. The van der Waals surface area contributed by atoms with Crippen LogP contribution in [-0.2, 0) is 9.59 Å². The van der Waals surface area contributed by atoms with Crippen LogP contribution in [0.15, 0.2) is 0 Å². The average Bonchev–Trinajstić information content (AvgIpc) is 2.28. The van der Waals surface area contributed by atoms with Crippen LogP contribution in [0.2, 0.25) is 0 Å². The van der Waals surface area contributed by atoms with E-state index in [1.807, 2.05) is 0 Å². The number of hydrogen-bond acceptors (Lipinski definition) is 3. The Labute approximate surface area is 95.4 Å². The van der Waals surface area contributed by atoms with E-state index in [-0.39, 0.29) is 11.8 Å². The number of rotatable bonds is 4. The second-order valence-corrected chi connectivity index (χ2v) is 4.52. The summed E-state index contributed by atoms with van der Waals surface area (Å²) in [5.74, 6) is -0.639. The molecule has 1 rings (SSSR count). The van der Waals surface area contributed by atoms with Crippen molar-refractivity contribution in [3.63, 3.8) is 0 Å². The highest BCUT2D eigenvalue weighted by Gasteiger charge is 2.27. The van der Waals surface area contributed by atoms with E-state index in [2.05, 4.69) is 5.32 Å². The van der Waals surface area contributed by atoms with Gasteiger partial charge in [0.25, 0.3) is 0 Å². The Kier molecular flexibility index (Phi) is 4.73. The highest BCUT2D eigenvalue weighted by molar-refractivity contribution is 5.84. The first-order valence-electron chi connectivity index (χ1n) is 5.77. The van der Waals surface area contributed by atoms with Crippen molar-refractivity contribution in [2.75, 3.05) is 6.54 Å². The van der Waals surface area contributed by atoms with Gasteiger partial charge in [-0.2, -0.15) is 0 Å². The van der Waals surface area contributed by atoms with E-state index in [1.54, 1.807) is 0 Å². The molecule has 1 atom stereocenters. The summed E-state index contributed by atoms with van der Waals surface area (Å²) < 4.78 is 0. The van der Waals surface area contributed by atoms with E-state index in [0.717, 1.165) is 25.7 Å². The highest BCUT2D eigenvalue weighted by atomic mass is 16.4. The standard InChI is InChI=1S/C11H20N2O3/c1-7(11(15)16)13-10(14)9-4-2-8(6-12)3-5-9/h7-9H,2-6,12H2,1H3,(H,13,14)(H,15,16)/t7-,8?,9?/m1/s1. The first-order chi connectivity index (χ1) is 7.54. The number of nitrogens with two attached hydrogens (primary N) is 1. The molecule has 5 nitrogen and oxygen atoms in total. The van der Waals surface area contributed by atoms with Crippen LogP contribution < -0.4 is 11.1 Å². The van der Waals surface area contributed by atoms with Crippen LogP contribution in [0.1, 0.15) is 32.6 Å². The van der Waals surface area contributed by atoms with Gasteiger partial charge in [0.15, 0.2) is 0 Å². The Morgan fingerprint density at radius 1 is 1.38 bits per heavy atom. The van der Waals surface area contributed by atoms with E-state index < -0.39 is 12.0 Å². The fourth-order valence-electron chi connectivity index (χ4n) is 2.05. The summed E-state index contributed by atoms with van der Waals surface area (Å²) in [5, 5.41) is 11.2. The largest absolute Gasteiger partial charge is 0.480 e. The molecule has 1 aliphatic rings.